The zero-order valence-electron chi connectivity index (χ0n) is 10.6. The Morgan fingerprint density at radius 1 is 1.59 bits per heavy atom. The molecule has 1 saturated heterocycles. The second-order valence-electron chi connectivity index (χ2n) is 4.53. The molecule has 2 rings (SSSR count). The largest absolute Gasteiger partial charge is 0.377 e. The standard InChI is InChI=1S/C13H21N3O/c1-11-9-16(7-4-8-17-11)10-12-5-3-6-15-13(12)14-2/h3,5-6,11H,4,7-10H2,1-2H3,(H,14,15). The maximum Gasteiger partial charge on any atom is 0.130 e. The average Bonchev–Trinajstić information content (AvgIpc) is 2.54. The summed E-state index contributed by atoms with van der Waals surface area (Å²) in [6, 6.07) is 4.13. The van der Waals surface area contributed by atoms with E-state index in [1.54, 1.807) is 0 Å². The molecule has 0 amide bonds. The van der Waals surface area contributed by atoms with E-state index in [1.807, 2.05) is 19.3 Å². The van der Waals surface area contributed by atoms with Gasteiger partial charge in [-0.2, -0.15) is 0 Å². The van der Waals surface area contributed by atoms with Gasteiger partial charge in [0.2, 0.25) is 0 Å². The summed E-state index contributed by atoms with van der Waals surface area (Å²) in [6.07, 6.45) is 3.26. The molecule has 4 heteroatoms. The van der Waals surface area contributed by atoms with Crippen LogP contribution in [-0.2, 0) is 11.3 Å². The Kier molecular flexibility index (Phi) is 4.34. The number of anilines is 1. The zero-order chi connectivity index (χ0) is 12.1. The maximum atomic E-state index is 5.65. The highest BCUT2D eigenvalue weighted by Crippen LogP contribution is 2.15. The fourth-order valence-electron chi connectivity index (χ4n) is 2.26. The summed E-state index contributed by atoms with van der Waals surface area (Å²) >= 11 is 0. The smallest absolute Gasteiger partial charge is 0.130 e. The zero-order valence-corrected chi connectivity index (χ0v) is 10.6. The van der Waals surface area contributed by atoms with Crippen molar-refractivity contribution in [3.63, 3.8) is 0 Å². The molecule has 1 fully saturated rings. The SMILES string of the molecule is CNc1ncccc1CN1CCCOC(C)C1. The van der Waals surface area contributed by atoms with Crippen LogP contribution in [0.15, 0.2) is 18.3 Å². The summed E-state index contributed by atoms with van der Waals surface area (Å²) in [5, 5.41) is 3.14. The van der Waals surface area contributed by atoms with Gasteiger partial charge in [-0.15, -0.1) is 0 Å². The van der Waals surface area contributed by atoms with Gasteiger partial charge in [-0.25, -0.2) is 4.98 Å². The molecule has 1 unspecified atom stereocenters. The highest BCUT2D eigenvalue weighted by Gasteiger charge is 2.16. The molecule has 0 spiro atoms. The van der Waals surface area contributed by atoms with Gasteiger partial charge < -0.3 is 10.1 Å². The van der Waals surface area contributed by atoms with Crippen LogP contribution in [-0.4, -0.2) is 42.7 Å². The van der Waals surface area contributed by atoms with Crippen LogP contribution in [0, 0.1) is 0 Å². The van der Waals surface area contributed by atoms with E-state index in [2.05, 4.69) is 28.2 Å². The number of aromatic nitrogens is 1. The van der Waals surface area contributed by atoms with Crippen LogP contribution in [0.4, 0.5) is 5.82 Å². The number of hydrogen-bond donors (Lipinski definition) is 1. The molecule has 0 aliphatic carbocycles. The number of pyridine rings is 1. The third kappa shape index (κ3) is 3.41. The molecule has 0 aromatic carbocycles. The van der Waals surface area contributed by atoms with E-state index in [-0.39, 0.29) is 0 Å². The number of nitrogens with zero attached hydrogens (tertiary/aromatic N) is 2. The lowest BCUT2D eigenvalue weighted by atomic mass is 10.2. The van der Waals surface area contributed by atoms with Gasteiger partial charge in [0, 0.05) is 45.0 Å². The topological polar surface area (TPSA) is 37.4 Å². The Hall–Kier alpha value is -1.13. The molecule has 0 saturated carbocycles. The number of hydrogen-bond acceptors (Lipinski definition) is 4. The molecular weight excluding hydrogens is 214 g/mol. The van der Waals surface area contributed by atoms with Gasteiger partial charge in [0.05, 0.1) is 6.10 Å². The van der Waals surface area contributed by atoms with E-state index in [0.29, 0.717) is 6.10 Å². The van der Waals surface area contributed by atoms with Crippen molar-refractivity contribution in [2.45, 2.75) is 26.0 Å². The normalized spacial score (nSPS) is 22.1. The highest BCUT2D eigenvalue weighted by atomic mass is 16.5. The summed E-state index contributed by atoms with van der Waals surface area (Å²) in [5.74, 6) is 0.977. The average molecular weight is 235 g/mol. The lowest BCUT2D eigenvalue weighted by molar-refractivity contribution is 0.0668. The van der Waals surface area contributed by atoms with Crippen molar-refractivity contribution in [3.8, 4) is 0 Å². The monoisotopic (exact) mass is 235 g/mol. The molecule has 0 radical (unpaired) electrons. The number of nitrogens with one attached hydrogen (secondary N) is 1. The van der Waals surface area contributed by atoms with E-state index in [0.717, 1.165) is 38.5 Å². The van der Waals surface area contributed by atoms with Crippen molar-refractivity contribution in [1.82, 2.24) is 9.88 Å². The van der Waals surface area contributed by atoms with E-state index >= 15 is 0 Å². The third-order valence-corrected chi connectivity index (χ3v) is 3.06. The molecule has 1 atom stereocenters. The molecule has 2 heterocycles. The number of rotatable bonds is 3. The summed E-state index contributed by atoms with van der Waals surface area (Å²) in [6.45, 7) is 6.06. The van der Waals surface area contributed by atoms with Crippen molar-refractivity contribution in [3.05, 3.63) is 23.9 Å². The van der Waals surface area contributed by atoms with Crippen LogP contribution in [0.3, 0.4) is 0 Å². The fraction of sp³-hybridized carbons (Fsp3) is 0.615. The quantitative estimate of drug-likeness (QED) is 0.866. The van der Waals surface area contributed by atoms with E-state index in [9.17, 15) is 0 Å². The fourth-order valence-corrected chi connectivity index (χ4v) is 2.26. The first kappa shape index (κ1) is 12.3. The third-order valence-electron chi connectivity index (χ3n) is 3.06. The van der Waals surface area contributed by atoms with Gasteiger partial charge in [-0.3, -0.25) is 4.90 Å². The molecule has 94 valence electrons. The molecule has 1 aliphatic rings. The van der Waals surface area contributed by atoms with Gasteiger partial charge in [0.25, 0.3) is 0 Å². The molecule has 1 aromatic heterocycles. The summed E-state index contributed by atoms with van der Waals surface area (Å²) in [4.78, 5) is 6.78. The first-order valence-electron chi connectivity index (χ1n) is 6.25. The highest BCUT2D eigenvalue weighted by molar-refractivity contribution is 5.42. The first-order valence-corrected chi connectivity index (χ1v) is 6.25. The molecule has 17 heavy (non-hydrogen) atoms. The second-order valence-corrected chi connectivity index (χ2v) is 4.53. The predicted octanol–water partition coefficient (Wildman–Crippen LogP) is 1.73. The van der Waals surface area contributed by atoms with Crippen LogP contribution >= 0.6 is 0 Å². The predicted molar refractivity (Wildman–Crippen MR) is 69.1 cm³/mol. The van der Waals surface area contributed by atoms with E-state index in [4.69, 9.17) is 4.74 Å². The summed E-state index contributed by atoms with van der Waals surface area (Å²) in [5.41, 5.74) is 1.25. The van der Waals surface area contributed by atoms with Gasteiger partial charge in [-0.05, 0) is 19.4 Å². The van der Waals surface area contributed by atoms with Crippen molar-refractivity contribution in [2.24, 2.45) is 0 Å². The van der Waals surface area contributed by atoms with Crippen LogP contribution in [0.2, 0.25) is 0 Å². The van der Waals surface area contributed by atoms with Gasteiger partial charge in [0.15, 0.2) is 0 Å². The Balaban J connectivity index is 2.03. The molecule has 0 bridgehead atoms. The van der Waals surface area contributed by atoms with Crippen molar-refractivity contribution >= 4 is 5.82 Å². The Morgan fingerprint density at radius 3 is 3.29 bits per heavy atom. The number of ether oxygens (including phenoxy) is 1. The Labute approximate surface area is 103 Å². The van der Waals surface area contributed by atoms with Gasteiger partial charge in [0.1, 0.15) is 5.82 Å². The molecule has 1 aromatic rings. The summed E-state index contributed by atoms with van der Waals surface area (Å²) < 4.78 is 5.65. The molecule has 1 N–H and O–H groups in total. The lowest BCUT2D eigenvalue weighted by Crippen LogP contribution is -2.30. The minimum atomic E-state index is 0.326. The van der Waals surface area contributed by atoms with Crippen LogP contribution < -0.4 is 5.32 Å². The molecule has 4 nitrogen and oxygen atoms in total. The van der Waals surface area contributed by atoms with Crippen LogP contribution in [0.5, 0.6) is 0 Å². The summed E-state index contributed by atoms with van der Waals surface area (Å²) in [7, 11) is 1.92. The lowest BCUT2D eigenvalue weighted by Gasteiger charge is -2.22. The second kappa shape index (κ2) is 5.98. The Morgan fingerprint density at radius 2 is 2.47 bits per heavy atom. The van der Waals surface area contributed by atoms with Crippen molar-refractivity contribution in [1.29, 1.82) is 0 Å². The maximum absolute atomic E-state index is 5.65. The van der Waals surface area contributed by atoms with E-state index < -0.39 is 0 Å². The van der Waals surface area contributed by atoms with Crippen molar-refractivity contribution in [2.75, 3.05) is 32.1 Å². The minimum absolute atomic E-state index is 0.326. The first-order chi connectivity index (χ1) is 8.29. The Bertz CT molecular complexity index is 356. The minimum Gasteiger partial charge on any atom is -0.377 e. The molecule has 1 aliphatic heterocycles. The van der Waals surface area contributed by atoms with Crippen molar-refractivity contribution < 1.29 is 4.74 Å². The van der Waals surface area contributed by atoms with Crippen LogP contribution in [0.1, 0.15) is 18.9 Å². The van der Waals surface area contributed by atoms with Crippen LogP contribution in [0.25, 0.3) is 0 Å². The van der Waals surface area contributed by atoms with E-state index in [1.165, 1.54) is 5.56 Å². The molecular formula is C13H21N3O. The van der Waals surface area contributed by atoms with Gasteiger partial charge >= 0.3 is 0 Å². The van der Waals surface area contributed by atoms with Gasteiger partial charge in [-0.1, -0.05) is 6.07 Å².